The van der Waals surface area contributed by atoms with Crippen LogP contribution in [-0.4, -0.2) is 54.2 Å². The minimum atomic E-state index is -0.143. The van der Waals surface area contributed by atoms with E-state index in [2.05, 4.69) is 10.1 Å². The number of rotatable bonds is 4. The Kier molecular flexibility index (Phi) is 4.18. The molecule has 0 spiro atoms. The molecule has 7 nitrogen and oxygen atoms in total. The molecule has 0 unspecified atom stereocenters. The maximum absolute atomic E-state index is 12.3. The van der Waals surface area contributed by atoms with Gasteiger partial charge in [-0.2, -0.15) is 0 Å². The average molecular weight is 316 g/mol. The molecule has 0 aliphatic carbocycles. The highest BCUT2D eigenvalue weighted by Crippen LogP contribution is 2.27. The number of anilines is 1. The first-order valence-electron chi connectivity index (χ1n) is 7.56. The van der Waals surface area contributed by atoms with Gasteiger partial charge < -0.3 is 19.1 Å². The Morgan fingerprint density at radius 1 is 1.48 bits per heavy atom. The van der Waals surface area contributed by atoms with Crippen molar-refractivity contribution < 1.29 is 14.1 Å². The van der Waals surface area contributed by atoms with Crippen LogP contribution >= 0.6 is 0 Å². The maximum atomic E-state index is 12.3. The Bertz CT molecular complexity index is 698. The van der Waals surface area contributed by atoms with E-state index in [1.807, 2.05) is 31.1 Å². The predicted octanol–water partition coefficient (Wildman–Crippen LogP) is 1.74. The standard InChI is InChI=1S/C16H20N4O3/c1-11-9-14(23-18-11)16(21)20-8-6-12(10-20)22-13-5-4-7-17-15(13)19(2)3/h4-5,7,9,12H,6,8,10H2,1-3H3/t12-/m0/s1. The molecule has 23 heavy (non-hydrogen) atoms. The van der Waals surface area contributed by atoms with Gasteiger partial charge in [-0.25, -0.2) is 4.98 Å². The van der Waals surface area contributed by atoms with Crippen molar-refractivity contribution in [3.63, 3.8) is 0 Å². The Labute approximate surface area is 134 Å². The van der Waals surface area contributed by atoms with Crippen molar-refractivity contribution in [2.75, 3.05) is 32.1 Å². The molecular formula is C16H20N4O3. The number of aryl methyl sites for hydroxylation is 1. The summed E-state index contributed by atoms with van der Waals surface area (Å²) in [6.45, 7) is 2.96. The molecular weight excluding hydrogens is 296 g/mol. The zero-order chi connectivity index (χ0) is 16.4. The van der Waals surface area contributed by atoms with E-state index in [1.165, 1.54) is 0 Å². The van der Waals surface area contributed by atoms with Gasteiger partial charge in [0.25, 0.3) is 5.91 Å². The third-order valence-electron chi connectivity index (χ3n) is 3.74. The van der Waals surface area contributed by atoms with Gasteiger partial charge in [-0.1, -0.05) is 5.16 Å². The van der Waals surface area contributed by atoms with Gasteiger partial charge >= 0.3 is 0 Å². The first kappa shape index (κ1) is 15.3. The van der Waals surface area contributed by atoms with E-state index in [9.17, 15) is 4.79 Å². The minimum Gasteiger partial charge on any atom is -0.485 e. The quantitative estimate of drug-likeness (QED) is 0.855. The Morgan fingerprint density at radius 2 is 2.30 bits per heavy atom. The fourth-order valence-corrected chi connectivity index (χ4v) is 2.62. The second-order valence-corrected chi connectivity index (χ2v) is 5.83. The molecule has 3 rings (SSSR count). The number of likely N-dealkylation sites (tertiary alicyclic amines) is 1. The van der Waals surface area contributed by atoms with Gasteiger partial charge in [0.1, 0.15) is 6.10 Å². The normalized spacial score (nSPS) is 17.3. The largest absolute Gasteiger partial charge is 0.485 e. The van der Waals surface area contributed by atoms with E-state index in [0.717, 1.165) is 18.0 Å². The van der Waals surface area contributed by atoms with Crippen LogP contribution in [0.15, 0.2) is 28.9 Å². The van der Waals surface area contributed by atoms with Crippen LogP contribution in [0.3, 0.4) is 0 Å². The van der Waals surface area contributed by atoms with E-state index < -0.39 is 0 Å². The van der Waals surface area contributed by atoms with Crippen molar-refractivity contribution in [3.8, 4) is 5.75 Å². The van der Waals surface area contributed by atoms with Crippen molar-refractivity contribution in [2.45, 2.75) is 19.4 Å². The average Bonchev–Trinajstić information content (AvgIpc) is 3.16. The predicted molar refractivity (Wildman–Crippen MR) is 84.7 cm³/mol. The first-order valence-corrected chi connectivity index (χ1v) is 7.56. The number of amides is 1. The molecule has 0 bridgehead atoms. The zero-order valence-corrected chi connectivity index (χ0v) is 13.5. The molecule has 3 heterocycles. The third-order valence-corrected chi connectivity index (χ3v) is 3.74. The van der Waals surface area contributed by atoms with E-state index >= 15 is 0 Å². The Hall–Kier alpha value is -2.57. The highest BCUT2D eigenvalue weighted by atomic mass is 16.5. The van der Waals surface area contributed by atoms with Crippen molar-refractivity contribution >= 4 is 11.7 Å². The summed E-state index contributed by atoms with van der Waals surface area (Å²) in [5, 5.41) is 3.76. The van der Waals surface area contributed by atoms with Gasteiger partial charge in [0.2, 0.25) is 5.76 Å². The van der Waals surface area contributed by atoms with Gasteiger partial charge in [-0.05, 0) is 19.1 Å². The molecule has 1 aliphatic heterocycles. The highest BCUT2D eigenvalue weighted by Gasteiger charge is 2.30. The molecule has 0 saturated carbocycles. The number of carbonyl (C=O) groups is 1. The molecule has 122 valence electrons. The van der Waals surface area contributed by atoms with Crippen molar-refractivity contribution in [1.82, 2.24) is 15.0 Å². The highest BCUT2D eigenvalue weighted by molar-refractivity contribution is 5.91. The van der Waals surface area contributed by atoms with E-state index in [4.69, 9.17) is 9.26 Å². The Morgan fingerprint density at radius 3 is 3.00 bits per heavy atom. The van der Waals surface area contributed by atoms with Crippen LogP contribution in [0.4, 0.5) is 5.82 Å². The fourth-order valence-electron chi connectivity index (χ4n) is 2.62. The summed E-state index contributed by atoms with van der Waals surface area (Å²) in [7, 11) is 3.85. The SMILES string of the molecule is Cc1cc(C(=O)N2CC[C@H](Oc3cccnc3N(C)C)C2)on1. The molecule has 0 aromatic carbocycles. The van der Waals surface area contributed by atoms with Gasteiger partial charge in [-0.15, -0.1) is 0 Å². The van der Waals surface area contributed by atoms with Crippen molar-refractivity contribution in [3.05, 3.63) is 35.9 Å². The van der Waals surface area contributed by atoms with Gasteiger partial charge in [0, 0.05) is 39.3 Å². The molecule has 0 radical (unpaired) electrons. The smallest absolute Gasteiger partial charge is 0.292 e. The molecule has 7 heteroatoms. The Balaban J connectivity index is 1.65. The molecule has 0 N–H and O–H groups in total. The topological polar surface area (TPSA) is 71.7 Å². The third kappa shape index (κ3) is 3.28. The molecule has 1 aliphatic rings. The summed E-state index contributed by atoms with van der Waals surface area (Å²) >= 11 is 0. The van der Waals surface area contributed by atoms with Gasteiger partial charge in [0.15, 0.2) is 11.6 Å². The summed E-state index contributed by atoms with van der Waals surface area (Å²) in [4.78, 5) is 20.3. The molecule has 2 aromatic rings. The van der Waals surface area contributed by atoms with E-state index in [-0.39, 0.29) is 17.8 Å². The molecule has 1 saturated heterocycles. The maximum Gasteiger partial charge on any atom is 0.292 e. The van der Waals surface area contributed by atoms with Crippen molar-refractivity contribution in [1.29, 1.82) is 0 Å². The number of ether oxygens (including phenoxy) is 1. The number of nitrogens with zero attached hydrogens (tertiary/aromatic N) is 4. The van der Waals surface area contributed by atoms with Crippen LogP contribution < -0.4 is 9.64 Å². The number of hydrogen-bond donors (Lipinski definition) is 0. The summed E-state index contributed by atoms with van der Waals surface area (Å²) in [5.74, 6) is 1.64. The second kappa shape index (κ2) is 6.28. The summed E-state index contributed by atoms with van der Waals surface area (Å²) in [6, 6.07) is 5.39. The van der Waals surface area contributed by atoms with Crippen LogP contribution in [-0.2, 0) is 0 Å². The van der Waals surface area contributed by atoms with Crippen LogP contribution in [0.5, 0.6) is 5.75 Å². The van der Waals surface area contributed by atoms with E-state index in [1.54, 1.807) is 24.1 Å². The number of hydrogen-bond acceptors (Lipinski definition) is 6. The molecule has 1 amide bonds. The number of pyridine rings is 1. The van der Waals surface area contributed by atoms with Gasteiger partial charge in [0.05, 0.1) is 12.2 Å². The first-order chi connectivity index (χ1) is 11.0. The second-order valence-electron chi connectivity index (χ2n) is 5.83. The van der Waals surface area contributed by atoms with E-state index in [0.29, 0.717) is 18.8 Å². The lowest BCUT2D eigenvalue weighted by Gasteiger charge is -2.20. The minimum absolute atomic E-state index is 0.0501. The fraction of sp³-hybridized carbons (Fsp3) is 0.438. The summed E-state index contributed by atoms with van der Waals surface area (Å²) < 4.78 is 11.1. The lowest BCUT2D eigenvalue weighted by Crippen LogP contribution is -2.30. The summed E-state index contributed by atoms with van der Waals surface area (Å²) in [6.07, 6.45) is 2.46. The van der Waals surface area contributed by atoms with Crippen LogP contribution in [0.1, 0.15) is 22.7 Å². The number of carbonyl (C=O) groups excluding carboxylic acids is 1. The molecule has 2 aromatic heterocycles. The lowest BCUT2D eigenvalue weighted by molar-refractivity contribution is 0.0731. The zero-order valence-electron chi connectivity index (χ0n) is 13.5. The van der Waals surface area contributed by atoms with Crippen molar-refractivity contribution in [2.24, 2.45) is 0 Å². The van der Waals surface area contributed by atoms with Crippen LogP contribution in [0.25, 0.3) is 0 Å². The molecule has 1 atom stereocenters. The molecule has 1 fully saturated rings. The van der Waals surface area contributed by atoms with Gasteiger partial charge in [-0.3, -0.25) is 4.79 Å². The lowest BCUT2D eigenvalue weighted by atomic mass is 10.3. The monoisotopic (exact) mass is 316 g/mol. The number of aromatic nitrogens is 2. The summed E-state index contributed by atoms with van der Waals surface area (Å²) in [5.41, 5.74) is 0.700. The van der Waals surface area contributed by atoms with Crippen LogP contribution in [0.2, 0.25) is 0 Å². The van der Waals surface area contributed by atoms with Crippen LogP contribution in [0, 0.1) is 6.92 Å².